The van der Waals surface area contributed by atoms with Crippen molar-refractivity contribution in [2.75, 3.05) is 0 Å². The zero-order valence-corrected chi connectivity index (χ0v) is 6.02. The van der Waals surface area contributed by atoms with Crippen molar-refractivity contribution in [2.45, 2.75) is 39.0 Å². The van der Waals surface area contributed by atoms with Crippen molar-refractivity contribution in [3.63, 3.8) is 0 Å². The summed E-state index contributed by atoms with van der Waals surface area (Å²) >= 11 is 0. The Morgan fingerprint density at radius 3 is 2.33 bits per heavy atom. The third kappa shape index (κ3) is 1.65. The molecule has 1 N–H and O–H groups in total. The van der Waals surface area contributed by atoms with Crippen molar-refractivity contribution in [2.24, 2.45) is 5.92 Å². The summed E-state index contributed by atoms with van der Waals surface area (Å²) < 4.78 is 12.4. The molecule has 0 bridgehead atoms. The van der Waals surface area contributed by atoms with E-state index in [4.69, 9.17) is 0 Å². The van der Waals surface area contributed by atoms with Gasteiger partial charge in [-0.25, -0.2) is 4.39 Å². The Kier molecular flexibility index (Phi) is 2.06. The van der Waals surface area contributed by atoms with Crippen molar-refractivity contribution in [1.29, 1.82) is 0 Å². The highest BCUT2D eigenvalue weighted by molar-refractivity contribution is 4.79. The molecule has 0 aromatic carbocycles. The van der Waals surface area contributed by atoms with E-state index in [2.05, 4.69) is 19.2 Å². The summed E-state index contributed by atoms with van der Waals surface area (Å²) in [4.78, 5) is 0. The van der Waals surface area contributed by atoms with Crippen LogP contribution in [0, 0.1) is 5.92 Å². The number of rotatable bonds is 1. The lowest BCUT2D eigenvalue weighted by atomic mass is 10.0. The van der Waals surface area contributed by atoms with Gasteiger partial charge in [-0.2, -0.15) is 0 Å². The van der Waals surface area contributed by atoms with E-state index < -0.39 is 6.30 Å². The maximum atomic E-state index is 12.4. The van der Waals surface area contributed by atoms with Crippen LogP contribution < -0.4 is 5.32 Å². The van der Waals surface area contributed by atoms with Gasteiger partial charge in [-0.15, -0.1) is 0 Å². The Bertz CT molecular complexity index is 92.9. The third-order valence-electron chi connectivity index (χ3n) is 1.93. The largest absolute Gasteiger partial charge is 0.285 e. The first kappa shape index (κ1) is 7.00. The molecule has 1 saturated heterocycles. The van der Waals surface area contributed by atoms with Crippen LogP contribution in [-0.2, 0) is 0 Å². The first-order valence-electron chi connectivity index (χ1n) is 3.60. The summed E-state index contributed by atoms with van der Waals surface area (Å²) in [5, 5.41) is 2.89. The molecular formula is C7H14FN. The Balaban J connectivity index is 2.30. The molecule has 0 amide bonds. The minimum Gasteiger partial charge on any atom is -0.285 e. The summed E-state index contributed by atoms with van der Waals surface area (Å²) in [5.41, 5.74) is 0. The second-order valence-corrected chi connectivity index (χ2v) is 3.06. The topological polar surface area (TPSA) is 12.0 Å². The van der Waals surface area contributed by atoms with Crippen molar-refractivity contribution in [1.82, 2.24) is 5.32 Å². The standard InChI is InChI=1S/C7H14FN/c1-5(2)6-3-4-7(8)9-6/h5-7,9H,3-4H2,1-2H3/t6?,7-/m0/s1. The zero-order valence-electron chi connectivity index (χ0n) is 6.02. The van der Waals surface area contributed by atoms with Gasteiger partial charge in [0.25, 0.3) is 0 Å². The van der Waals surface area contributed by atoms with Crippen molar-refractivity contribution in [3.8, 4) is 0 Å². The van der Waals surface area contributed by atoms with Gasteiger partial charge in [-0.1, -0.05) is 13.8 Å². The molecule has 0 aromatic heterocycles. The minimum absolute atomic E-state index is 0.417. The Morgan fingerprint density at radius 1 is 1.44 bits per heavy atom. The van der Waals surface area contributed by atoms with Crippen LogP contribution in [0.2, 0.25) is 0 Å². The van der Waals surface area contributed by atoms with E-state index >= 15 is 0 Å². The SMILES string of the molecule is CC(C)C1CC[C@@H](F)N1. The van der Waals surface area contributed by atoms with Crippen LogP contribution in [0.4, 0.5) is 4.39 Å². The molecule has 0 spiro atoms. The smallest absolute Gasteiger partial charge is 0.151 e. The summed E-state index contributed by atoms with van der Waals surface area (Å²) in [6.07, 6.45) is 0.958. The molecule has 1 nitrogen and oxygen atoms in total. The van der Waals surface area contributed by atoms with Gasteiger partial charge in [0.2, 0.25) is 0 Å². The van der Waals surface area contributed by atoms with Crippen LogP contribution >= 0.6 is 0 Å². The van der Waals surface area contributed by atoms with Crippen molar-refractivity contribution in [3.05, 3.63) is 0 Å². The number of nitrogens with one attached hydrogen (secondary N) is 1. The van der Waals surface area contributed by atoms with Gasteiger partial charge in [-0.3, -0.25) is 5.32 Å². The van der Waals surface area contributed by atoms with Gasteiger partial charge in [0.15, 0.2) is 6.30 Å². The van der Waals surface area contributed by atoms with E-state index in [1.54, 1.807) is 0 Å². The summed E-state index contributed by atoms with van der Waals surface area (Å²) in [5.74, 6) is 0.575. The number of hydrogen-bond donors (Lipinski definition) is 1. The van der Waals surface area contributed by atoms with Crippen LogP contribution in [0.5, 0.6) is 0 Å². The molecule has 54 valence electrons. The van der Waals surface area contributed by atoms with Gasteiger partial charge in [0, 0.05) is 6.04 Å². The van der Waals surface area contributed by atoms with E-state index in [-0.39, 0.29) is 0 Å². The lowest BCUT2D eigenvalue weighted by Crippen LogP contribution is -2.30. The second-order valence-electron chi connectivity index (χ2n) is 3.06. The summed E-state index contributed by atoms with van der Waals surface area (Å²) in [7, 11) is 0. The molecule has 1 fully saturated rings. The zero-order chi connectivity index (χ0) is 6.85. The first-order valence-corrected chi connectivity index (χ1v) is 3.60. The van der Waals surface area contributed by atoms with E-state index in [0.29, 0.717) is 18.4 Å². The van der Waals surface area contributed by atoms with Crippen LogP contribution in [0.3, 0.4) is 0 Å². The average molecular weight is 131 g/mol. The van der Waals surface area contributed by atoms with E-state index in [0.717, 1.165) is 6.42 Å². The van der Waals surface area contributed by atoms with Crippen LogP contribution in [-0.4, -0.2) is 12.3 Å². The molecule has 2 heteroatoms. The quantitative estimate of drug-likeness (QED) is 0.534. The van der Waals surface area contributed by atoms with Crippen LogP contribution in [0.15, 0.2) is 0 Å². The van der Waals surface area contributed by atoms with E-state index in [1.807, 2.05) is 0 Å². The Morgan fingerprint density at radius 2 is 2.11 bits per heavy atom. The second kappa shape index (κ2) is 2.65. The third-order valence-corrected chi connectivity index (χ3v) is 1.93. The Hall–Kier alpha value is -0.110. The van der Waals surface area contributed by atoms with Crippen molar-refractivity contribution < 1.29 is 4.39 Å². The highest BCUT2D eigenvalue weighted by Crippen LogP contribution is 2.18. The first-order chi connectivity index (χ1) is 4.20. The molecule has 2 atom stereocenters. The maximum Gasteiger partial charge on any atom is 0.151 e. The average Bonchev–Trinajstić information content (AvgIpc) is 2.14. The van der Waals surface area contributed by atoms with E-state index in [9.17, 15) is 4.39 Å². The molecule has 1 heterocycles. The predicted octanol–water partition coefficient (Wildman–Crippen LogP) is 1.69. The number of hydrogen-bond acceptors (Lipinski definition) is 1. The highest BCUT2D eigenvalue weighted by Gasteiger charge is 2.24. The number of halogens is 1. The minimum atomic E-state index is -0.739. The fraction of sp³-hybridized carbons (Fsp3) is 1.00. The molecule has 1 aliphatic rings. The molecule has 0 aromatic rings. The van der Waals surface area contributed by atoms with Gasteiger partial charge < -0.3 is 0 Å². The van der Waals surface area contributed by atoms with Crippen LogP contribution in [0.1, 0.15) is 26.7 Å². The molecule has 9 heavy (non-hydrogen) atoms. The van der Waals surface area contributed by atoms with E-state index in [1.165, 1.54) is 0 Å². The molecule has 1 aliphatic heterocycles. The summed E-state index contributed by atoms with van der Waals surface area (Å²) in [6, 6.07) is 0.417. The van der Waals surface area contributed by atoms with Crippen LogP contribution in [0.25, 0.3) is 0 Å². The molecule has 1 unspecified atom stereocenters. The fourth-order valence-corrected chi connectivity index (χ4v) is 1.25. The van der Waals surface area contributed by atoms with Crippen molar-refractivity contribution >= 4 is 0 Å². The molecule has 1 rings (SSSR count). The lowest BCUT2D eigenvalue weighted by Gasteiger charge is -2.13. The van der Waals surface area contributed by atoms with Gasteiger partial charge in [0.05, 0.1) is 0 Å². The van der Waals surface area contributed by atoms with Gasteiger partial charge in [0.1, 0.15) is 0 Å². The normalized spacial score (nSPS) is 36.0. The predicted molar refractivity (Wildman–Crippen MR) is 35.9 cm³/mol. The number of alkyl halides is 1. The highest BCUT2D eigenvalue weighted by atomic mass is 19.1. The summed E-state index contributed by atoms with van der Waals surface area (Å²) in [6.45, 7) is 4.24. The van der Waals surface area contributed by atoms with Gasteiger partial charge >= 0.3 is 0 Å². The molecule has 0 radical (unpaired) electrons. The lowest BCUT2D eigenvalue weighted by molar-refractivity contribution is 0.285. The van der Waals surface area contributed by atoms with Gasteiger partial charge in [-0.05, 0) is 18.8 Å². The Labute approximate surface area is 55.6 Å². The maximum absolute atomic E-state index is 12.4. The monoisotopic (exact) mass is 131 g/mol. The molecule has 0 saturated carbocycles. The molecular weight excluding hydrogens is 117 g/mol. The fourth-order valence-electron chi connectivity index (χ4n) is 1.25. The molecule has 0 aliphatic carbocycles.